The van der Waals surface area contributed by atoms with Gasteiger partial charge in [-0.05, 0) is 43.9 Å². The minimum Gasteiger partial charge on any atom is -0.470 e. The lowest BCUT2D eigenvalue weighted by atomic mass is 10.0. The van der Waals surface area contributed by atoms with Gasteiger partial charge < -0.3 is 24.7 Å². The molecular weight excluding hydrogens is 480 g/mol. The fourth-order valence-corrected chi connectivity index (χ4v) is 4.26. The molecule has 5 rings (SSSR count). The van der Waals surface area contributed by atoms with Crippen molar-refractivity contribution in [3.8, 4) is 34.2 Å². The Balaban J connectivity index is 1.49. The zero-order chi connectivity index (χ0) is 26.5. The van der Waals surface area contributed by atoms with Crippen LogP contribution in [0, 0.1) is 11.3 Å². The molecule has 1 unspecified atom stereocenters. The molecule has 0 radical (unpaired) electrons. The number of nitrogens with one attached hydrogen (secondary N) is 2. The maximum absolute atomic E-state index is 12.7. The standard InChI is InChI=1S/C29H28N6O3/c1-35(2)9-4-7-27(36)34-26-13-22(16-33-29(26)38-23-8-10-37-18-23)21-12-24-25(17-32-28(24)31-15-21)20-6-3-5-19(11-20)14-30/h3-7,11-13,15-17,23H,8-10,18H2,1-2H3,(H,31,32)(H,34,36)/b7-4+. The lowest BCUT2D eigenvalue weighted by molar-refractivity contribution is -0.111. The van der Waals surface area contributed by atoms with Crippen LogP contribution in [0.4, 0.5) is 5.69 Å². The molecule has 3 aromatic heterocycles. The molecule has 9 heteroatoms. The number of nitriles is 1. The van der Waals surface area contributed by atoms with Crippen LogP contribution in [-0.4, -0.2) is 65.7 Å². The molecule has 192 valence electrons. The molecule has 0 saturated carbocycles. The van der Waals surface area contributed by atoms with E-state index in [-0.39, 0.29) is 12.0 Å². The van der Waals surface area contributed by atoms with E-state index in [4.69, 9.17) is 9.47 Å². The number of carbonyl (C=O) groups excluding carboxylic acids is 1. The number of ether oxygens (including phenoxy) is 2. The van der Waals surface area contributed by atoms with Crippen LogP contribution in [0.2, 0.25) is 0 Å². The first-order valence-electron chi connectivity index (χ1n) is 12.3. The van der Waals surface area contributed by atoms with Crippen LogP contribution in [0.5, 0.6) is 5.88 Å². The zero-order valence-corrected chi connectivity index (χ0v) is 21.3. The molecule has 1 aliphatic rings. The van der Waals surface area contributed by atoms with Gasteiger partial charge >= 0.3 is 0 Å². The Labute approximate surface area is 220 Å². The lowest BCUT2D eigenvalue weighted by Gasteiger charge is -2.16. The summed E-state index contributed by atoms with van der Waals surface area (Å²) in [6.45, 7) is 1.78. The van der Waals surface area contributed by atoms with E-state index < -0.39 is 0 Å². The summed E-state index contributed by atoms with van der Waals surface area (Å²) >= 11 is 0. The summed E-state index contributed by atoms with van der Waals surface area (Å²) in [6.07, 6.45) is 9.33. The van der Waals surface area contributed by atoms with Crippen LogP contribution in [0.1, 0.15) is 12.0 Å². The molecule has 1 amide bonds. The molecule has 0 aliphatic carbocycles. The summed E-state index contributed by atoms with van der Waals surface area (Å²) in [5, 5.41) is 13.1. The first-order valence-corrected chi connectivity index (χ1v) is 12.3. The van der Waals surface area contributed by atoms with Gasteiger partial charge in [0.25, 0.3) is 0 Å². The summed E-state index contributed by atoms with van der Waals surface area (Å²) < 4.78 is 11.5. The molecule has 1 aliphatic heterocycles. The van der Waals surface area contributed by atoms with Crippen molar-refractivity contribution in [1.29, 1.82) is 5.26 Å². The highest BCUT2D eigenvalue weighted by molar-refractivity contribution is 6.01. The highest BCUT2D eigenvalue weighted by Gasteiger charge is 2.21. The van der Waals surface area contributed by atoms with E-state index in [2.05, 4.69) is 26.3 Å². The number of hydrogen-bond donors (Lipinski definition) is 2. The Hall–Kier alpha value is -4.52. The smallest absolute Gasteiger partial charge is 0.248 e. The average Bonchev–Trinajstić information content (AvgIpc) is 3.59. The predicted octanol–water partition coefficient (Wildman–Crippen LogP) is 4.39. The van der Waals surface area contributed by atoms with Gasteiger partial charge in [-0.2, -0.15) is 5.26 Å². The molecule has 0 spiro atoms. The van der Waals surface area contributed by atoms with Crippen LogP contribution in [0.3, 0.4) is 0 Å². The maximum atomic E-state index is 12.7. The number of aromatic amines is 1. The summed E-state index contributed by atoms with van der Waals surface area (Å²) in [5.41, 5.74) is 5.28. The fourth-order valence-electron chi connectivity index (χ4n) is 4.26. The maximum Gasteiger partial charge on any atom is 0.248 e. The third kappa shape index (κ3) is 5.72. The third-order valence-corrected chi connectivity index (χ3v) is 6.18. The number of carbonyl (C=O) groups is 1. The van der Waals surface area contributed by atoms with Crippen molar-refractivity contribution in [2.24, 2.45) is 0 Å². The molecule has 4 heterocycles. The van der Waals surface area contributed by atoms with Gasteiger partial charge in [0.1, 0.15) is 17.4 Å². The second kappa shape index (κ2) is 11.3. The van der Waals surface area contributed by atoms with Crippen LogP contribution >= 0.6 is 0 Å². The molecule has 1 saturated heterocycles. The van der Waals surface area contributed by atoms with Gasteiger partial charge in [-0.3, -0.25) is 4.79 Å². The highest BCUT2D eigenvalue weighted by atomic mass is 16.5. The molecule has 9 nitrogen and oxygen atoms in total. The monoisotopic (exact) mass is 508 g/mol. The lowest BCUT2D eigenvalue weighted by Crippen LogP contribution is -2.19. The molecule has 0 bridgehead atoms. The van der Waals surface area contributed by atoms with Crippen LogP contribution in [0.25, 0.3) is 33.3 Å². The van der Waals surface area contributed by atoms with Crippen molar-refractivity contribution in [2.75, 3.05) is 39.2 Å². The summed E-state index contributed by atoms with van der Waals surface area (Å²) in [5.74, 6) is 0.0838. The van der Waals surface area contributed by atoms with Gasteiger partial charge in [0.05, 0.1) is 24.8 Å². The molecular formula is C29H28N6O3. The van der Waals surface area contributed by atoms with E-state index >= 15 is 0 Å². The Morgan fingerprint density at radius 1 is 1.24 bits per heavy atom. The second-order valence-electron chi connectivity index (χ2n) is 9.35. The Morgan fingerprint density at radius 3 is 2.87 bits per heavy atom. The first kappa shape index (κ1) is 25.1. The zero-order valence-electron chi connectivity index (χ0n) is 21.3. The second-order valence-corrected chi connectivity index (χ2v) is 9.35. The van der Waals surface area contributed by atoms with Crippen molar-refractivity contribution in [3.05, 3.63) is 72.7 Å². The minimum absolute atomic E-state index is 0.113. The highest BCUT2D eigenvalue weighted by Crippen LogP contribution is 2.34. The summed E-state index contributed by atoms with van der Waals surface area (Å²) in [4.78, 5) is 27.0. The number of aromatic nitrogens is 3. The normalized spacial score (nSPS) is 15.3. The van der Waals surface area contributed by atoms with Gasteiger partial charge in [-0.25, -0.2) is 9.97 Å². The van der Waals surface area contributed by atoms with E-state index in [1.165, 1.54) is 6.08 Å². The number of rotatable bonds is 8. The van der Waals surface area contributed by atoms with Gasteiger partial charge in [0.15, 0.2) is 0 Å². The van der Waals surface area contributed by atoms with E-state index in [0.717, 1.165) is 39.7 Å². The number of hydrogen-bond acceptors (Lipinski definition) is 7. The van der Waals surface area contributed by atoms with Crippen LogP contribution in [0.15, 0.2) is 67.1 Å². The first-order chi connectivity index (χ1) is 18.5. The Bertz CT molecular complexity index is 1530. The van der Waals surface area contributed by atoms with Crippen molar-refractivity contribution < 1.29 is 14.3 Å². The number of nitrogens with zero attached hydrogens (tertiary/aromatic N) is 4. The number of anilines is 1. The molecule has 1 atom stereocenters. The number of pyridine rings is 2. The minimum atomic E-state index is -0.266. The van der Waals surface area contributed by atoms with E-state index in [1.54, 1.807) is 24.5 Å². The molecule has 2 N–H and O–H groups in total. The van der Waals surface area contributed by atoms with Crippen LogP contribution in [-0.2, 0) is 9.53 Å². The molecule has 4 aromatic rings. The van der Waals surface area contributed by atoms with E-state index in [1.807, 2.05) is 55.5 Å². The van der Waals surface area contributed by atoms with Crippen LogP contribution < -0.4 is 10.1 Å². The fraction of sp³-hybridized carbons (Fsp3) is 0.241. The van der Waals surface area contributed by atoms with Crippen molar-refractivity contribution in [1.82, 2.24) is 19.9 Å². The van der Waals surface area contributed by atoms with Crippen molar-refractivity contribution in [3.63, 3.8) is 0 Å². The number of H-pyrrole nitrogens is 1. The number of benzene rings is 1. The quantitative estimate of drug-likeness (QED) is 0.339. The summed E-state index contributed by atoms with van der Waals surface area (Å²) in [7, 11) is 3.87. The number of fused-ring (bicyclic) bond motifs is 1. The Morgan fingerprint density at radius 2 is 2.08 bits per heavy atom. The largest absolute Gasteiger partial charge is 0.470 e. The SMILES string of the molecule is CN(C)C/C=C/C(=O)Nc1cc(-c2cnc3[nH]cc(-c4cccc(C#N)c4)c3c2)cnc1OC1CCOC1. The molecule has 38 heavy (non-hydrogen) atoms. The average molecular weight is 509 g/mol. The van der Waals surface area contributed by atoms with Crippen molar-refractivity contribution in [2.45, 2.75) is 12.5 Å². The number of likely N-dealkylation sites (N-methyl/N-ethyl adjacent to an activating group) is 1. The topological polar surface area (TPSA) is 116 Å². The van der Waals surface area contributed by atoms with E-state index in [9.17, 15) is 10.1 Å². The van der Waals surface area contributed by atoms with Gasteiger partial charge in [0.2, 0.25) is 11.8 Å². The third-order valence-electron chi connectivity index (χ3n) is 6.18. The number of amides is 1. The summed E-state index contributed by atoms with van der Waals surface area (Å²) in [6, 6.07) is 13.5. The Kier molecular flexibility index (Phi) is 7.45. The van der Waals surface area contributed by atoms with Gasteiger partial charge in [-0.1, -0.05) is 18.2 Å². The van der Waals surface area contributed by atoms with E-state index in [0.29, 0.717) is 36.9 Å². The predicted molar refractivity (Wildman–Crippen MR) is 146 cm³/mol. The molecule has 1 aromatic carbocycles. The molecule has 1 fully saturated rings. The van der Waals surface area contributed by atoms with Gasteiger partial charge in [-0.15, -0.1) is 0 Å². The van der Waals surface area contributed by atoms with Gasteiger partial charge in [0, 0.05) is 59.7 Å². The van der Waals surface area contributed by atoms with Crippen molar-refractivity contribution >= 4 is 22.6 Å².